The highest BCUT2D eigenvalue weighted by molar-refractivity contribution is 5.85. The van der Waals surface area contributed by atoms with E-state index in [2.05, 4.69) is 37.5 Å². The van der Waals surface area contributed by atoms with Gasteiger partial charge in [0.1, 0.15) is 18.7 Å². The van der Waals surface area contributed by atoms with Gasteiger partial charge in [0.2, 0.25) is 5.91 Å². The SMILES string of the molecule is CCN1CCCC1CNC(=NCC(=O)N(C)C)NC1CCc2ncnn2C1. The van der Waals surface area contributed by atoms with Crippen LogP contribution in [0.15, 0.2) is 11.3 Å². The maximum absolute atomic E-state index is 12.0. The van der Waals surface area contributed by atoms with Gasteiger partial charge < -0.3 is 15.5 Å². The van der Waals surface area contributed by atoms with E-state index in [1.54, 1.807) is 25.3 Å². The van der Waals surface area contributed by atoms with Crippen molar-refractivity contribution in [3.8, 4) is 0 Å². The molecule has 0 radical (unpaired) electrons. The summed E-state index contributed by atoms with van der Waals surface area (Å²) < 4.78 is 1.94. The van der Waals surface area contributed by atoms with E-state index in [1.165, 1.54) is 19.4 Å². The summed E-state index contributed by atoms with van der Waals surface area (Å²) in [7, 11) is 3.51. The van der Waals surface area contributed by atoms with Crippen molar-refractivity contribution >= 4 is 11.9 Å². The molecule has 150 valence electrons. The van der Waals surface area contributed by atoms with Crippen LogP contribution in [0, 0.1) is 0 Å². The minimum Gasteiger partial charge on any atom is -0.355 e. The number of aliphatic imine (C=N–C) groups is 1. The molecule has 1 fully saturated rings. The zero-order valence-corrected chi connectivity index (χ0v) is 16.7. The number of carbonyl (C=O) groups is 1. The molecule has 1 aromatic heterocycles. The average Bonchev–Trinajstić information content (AvgIpc) is 3.31. The van der Waals surface area contributed by atoms with Gasteiger partial charge in [-0.3, -0.25) is 9.69 Å². The molecule has 2 aliphatic rings. The van der Waals surface area contributed by atoms with E-state index in [1.807, 2.05) is 4.68 Å². The standard InChI is InChI=1S/C18H32N8O/c1-4-25-9-5-6-15(25)10-19-18(20-11-17(27)24(2)3)23-14-7-8-16-21-13-22-26(16)12-14/h13-15H,4-12H2,1-3H3,(H2,19,20,23). The van der Waals surface area contributed by atoms with Crippen molar-refractivity contribution in [1.82, 2.24) is 35.2 Å². The molecule has 0 saturated carbocycles. The third-order valence-electron chi connectivity index (χ3n) is 5.43. The third-order valence-corrected chi connectivity index (χ3v) is 5.43. The van der Waals surface area contributed by atoms with Crippen LogP contribution in [0.4, 0.5) is 0 Å². The number of aromatic nitrogens is 3. The van der Waals surface area contributed by atoms with E-state index in [0.717, 1.165) is 38.3 Å². The Labute approximate surface area is 161 Å². The zero-order chi connectivity index (χ0) is 19.2. The van der Waals surface area contributed by atoms with Gasteiger partial charge in [-0.2, -0.15) is 5.10 Å². The first-order valence-electron chi connectivity index (χ1n) is 9.92. The highest BCUT2D eigenvalue weighted by atomic mass is 16.2. The number of aryl methyl sites for hydroxylation is 1. The van der Waals surface area contributed by atoms with Crippen LogP contribution < -0.4 is 10.6 Å². The van der Waals surface area contributed by atoms with E-state index < -0.39 is 0 Å². The molecule has 2 N–H and O–H groups in total. The Bertz CT molecular complexity index is 656. The Morgan fingerprint density at radius 2 is 2.26 bits per heavy atom. The van der Waals surface area contributed by atoms with Crippen LogP contribution in [-0.4, -0.2) is 88.8 Å². The van der Waals surface area contributed by atoms with E-state index in [0.29, 0.717) is 12.0 Å². The fraction of sp³-hybridized carbons (Fsp3) is 0.778. The number of hydrogen-bond acceptors (Lipinski definition) is 5. The van der Waals surface area contributed by atoms with Crippen LogP contribution in [0.1, 0.15) is 32.0 Å². The first kappa shape index (κ1) is 19.6. The Morgan fingerprint density at radius 3 is 3.04 bits per heavy atom. The molecule has 3 heterocycles. The van der Waals surface area contributed by atoms with Crippen molar-refractivity contribution in [1.29, 1.82) is 0 Å². The molecule has 9 nitrogen and oxygen atoms in total. The number of fused-ring (bicyclic) bond motifs is 1. The Kier molecular flexibility index (Phi) is 6.65. The molecule has 0 aromatic carbocycles. The predicted octanol–water partition coefficient (Wildman–Crippen LogP) is -0.299. The fourth-order valence-electron chi connectivity index (χ4n) is 3.75. The van der Waals surface area contributed by atoms with E-state index in [9.17, 15) is 4.79 Å². The number of nitrogens with one attached hydrogen (secondary N) is 2. The summed E-state index contributed by atoms with van der Waals surface area (Å²) in [5.41, 5.74) is 0. The molecule has 27 heavy (non-hydrogen) atoms. The lowest BCUT2D eigenvalue weighted by atomic mass is 10.1. The van der Waals surface area contributed by atoms with Crippen molar-refractivity contribution in [2.75, 3.05) is 40.3 Å². The largest absolute Gasteiger partial charge is 0.355 e. The quantitative estimate of drug-likeness (QED) is 0.523. The van der Waals surface area contributed by atoms with Gasteiger partial charge in [-0.1, -0.05) is 6.92 Å². The topological polar surface area (TPSA) is 90.7 Å². The second-order valence-corrected chi connectivity index (χ2v) is 7.50. The minimum absolute atomic E-state index is 0.00522. The summed E-state index contributed by atoms with van der Waals surface area (Å²) in [4.78, 5) is 24.8. The van der Waals surface area contributed by atoms with Crippen molar-refractivity contribution in [3.63, 3.8) is 0 Å². The second-order valence-electron chi connectivity index (χ2n) is 7.50. The lowest BCUT2D eigenvalue weighted by Crippen LogP contribution is -2.50. The molecule has 9 heteroatoms. The maximum atomic E-state index is 12.0. The number of nitrogens with zero attached hydrogens (tertiary/aromatic N) is 6. The molecule has 1 aromatic rings. The molecule has 3 rings (SSSR count). The second kappa shape index (κ2) is 9.16. The Hall–Kier alpha value is -2.16. The Balaban J connectivity index is 1.60. The number of hydrogen-bond donors (Lipinski definition) is 2. The van der Waals surface area contributed by atoms with Crippen LogP contribution in [0.2, 0.25) is 0 Å². The van der Waals surface area contributed by atoms with Gasteiger partial charge in [0.25, 0.3) is 0 Å². The number of guanidine groups is 1. The summed E-state index contributed by atoms with van der Waals surface area (Å²) in [6.07, 6.45) is 5.94. The average molecular weight is 377 g/mol. The first-order valence-corrected chi connectivity index (χ1v) is 9.92. The summed E-state index contributed by atoms with van der Waals surface area (Å²) in [5.74, 6) is 1.74. The molecule has 2 atom stereocenters. The highest BCUT2D eigenvalue weighted by Gasteiger charge is 2.24. The molecule has 0 aliphatic carbocycles. The number of carbonyl (C=O) groups excluding carboxylic acids is 1. The smallest absolute Gasteiger partial charge is 0.243 e. The normalized spacial score (nSPS) is 23.1. The van der Waals surface area contributed by atoms with Crippen LogP contribution in [0.3, 0.4) is 0 Å². The van der Waals surface area contributed by atoms with E-state index in [-0.39, 0.29) is 18.5 Å². The number of likely N-dealkylation sites (tertiary alicyclic amines) is 1. The van der Waals surface area contributed by atoms with Crippen LogP contribution in [0.25, 0.3) is 0 Å². The van der Waals surface area contributed by atoms with E-state index in [4.69, 9.17) is 0 Å². The molecular formula is C18H32N8O. The molecule has 1 amide bonds. The van der Waals surface area contributed by atoms with Crippen molar-refractivity contribution in [2.24, 2.45) is 4.99 Å². The lowest BCUT2D eigenvalue weighted by Gasteiger charge is -2.28. The summed E-state index contributed by atoms with van der Waals surface area (Å²) in [6.45, 7) is 6.20. The van der Waals surface area contributed by atoms with Crippen molar-refractivity contribution in [3.05, 3.63) is 12.2 Å². The van der Waals surface area contributed by atoms with Gasteiger partial charge >= 0.3 is 0 Å². The van der Waals surface area contributed by atoms with Gasteiger partial charge in [-0.05, 0) is 32.4 Å². The van der Waals surface area contributed by atoms with Gasteiger partial charge in [-0.25, -0.2) is 14.7 Å². The Morgan fingerprint density at radius 1 is 1.41 bits per heavy atom. The van der Waals surface area contributed by atoms with Crippen LogP contribution in [-0.2, 0) is 17.8 Å². The third kappa shape index (κ3) is 5.18. The van der Waals surface area contributed by atoms with Crippen molar-refractivity contribution < 1.29 is 4.79 Å². The zero-order valence-electron chi connectivity index (χ0n) is 16.7. The summed E-state index contributed by atoms with van der Waals surface area (Å²) in [6, 6.07) is 0.755. The number of amides is 1. The predicted molar refractivity (Wildman–Crippen MR) is 105 cm³/mol. The van der Waals surface area contributed by atoms with Crippen molar-refractivity contribution in [2.45, 2.75) is 51.2 Å². The monoisotopic (exact) mass is 376 g/mol. The maximum Gasteiger partial charge on any atom is 0.243 e. The van der Waals surface area contributed by atoms with Crippen LogP contribution >= 0.6 is 0 Å². The van der Waals surface area contributed by atoms with Gasteiger partial charge in [0.15, 0.2) is 5.96 Å². The number of likely N-dealkylation sites (N-methyl/N-ethyl adjacent to an activating group) is 2. The van der Waals surface area contributed by atoms with Crippen LogP contribution in [0.5, 0.6) is 0 Å². The first-order chi connectivity index (χ1) is 13.1. The molecular weight excluding hydrogens is 344 g/mol. The van der Waals surface area contributed by atoms with Gasteiger partial charge in [0, 0.05) is 39.1 Å². The lowest BCUT2D eigenvalue weighted by molar-refractivity contribution is -0.127. The number of rotatable bonds is 6. The highest BCUT2D eigenvalue weighted by Crippen LogP contribution is 2.15. The molecule has 2 unspecified atom stereocenters. The minimum atomic E-state index is -0.00522. The van der Waals surface area contributed by atoms with Gasteiger partial charge in [-0.15, -0.1) is 0 Å². The van der Waals surface area contributed by atoms with Gasteiger partial charge in [0.05, 0.1) is 6.54 Å². The molecule has 1 saturated heterocycles. The summed E-state index contributed by atoms with van der Waals surface area (Å²) >= 11 is 0. The van der Waals surface area contributed by atoms with E-state index >= 15 is 0 Å². The molecule has 2 aliphatic heterocycles. The summed E-state index contributed by atoms with van der Waals surface area (Å²) in [5, 5.41) is 11.2. The molecule has 0 spiro atoms. The molecule has 0 bridgehead atoms. The fourth-order valence-corrected chi connectivity index (χ4v) is 3.75.